The fourth-order valence-corrected chi connectivity index (χ4v) is 5.73. The van der Waals surface area contributed by atoms with E-state index in [2.05, 4.69) is 0 Å². The third-order valence-electron chi connectivity index (χ3n) is 8.01. The van der Waals surface area contributed by atoms with Crippen LogP contribution in [0.4, 0.5) is 0 Å². The quantitative estimate of drug-likeness (QED) is 0.595. The van der Waals surface area contributed by atoms with Crippen LogP contribution in [0, 0.1) is 11.8 Å². The summed E-state index contributed by atoms with van der Waals surface area (Å²) in [6.07, 6.45) is -1.43. The molecule has 0 spiro atoms. The highest BCUT2D eigenvalue weighted by Crippen LogP contribution is 2.58. The highest BCUT2D eigenvalue weighted by molar-refractivity contribution is 5.87. The van der Waals surface area contributed by atoms with E-state index in [9.17, 15) is 9.59 Å². The van der Waals surface area contributed by atoms with E-state index >= 15 is 0 Å². The van der Waals surface area contributed by atoms with E-state index < -0.39 is 47.6 Å². The van der Waals surface area contributed by atoms with Crippen molar-refractivity contribution in [3.05, 3.63) is 71.8 Å². The first-order chi connectivity index (χ1) is 17.3. The van der Waals surface area contributed by atoms with Crippen LogP contribution in [-0.4, -0.2) is 63.2 Å². The van der Waals surface area contributed by atoms with E-state index in [4.69, 9.17) is 28.4 Å². The Kier molecular flexibility index (Phi) is 6.63. The number of hydrogen-bond donors (Lipinski definition) is 0. The number of rotatable bonds is 4. The molecule has 192 valence electrons. The second kappa shape index (κ2) is 9.59. The number of carbonyl (C=O) groups is 2. The van der Waals surface area contributed by atoms with Crippen molar-refractivity contribution in [3.63, 3.8) is 0 Å². The Morgan fingerprint density at radius 1 is 0.639 bits per heavy atom. The standard InChI is InChI=1S/C28H32O8/c1-27(31-3)28(2,32-4)36-20-16-34-26(30)24-22(18-13-9-6-10-14-18)21(17-11-7-5-8-12-17)23(24)25(29)33-15-19(20)35-27/h5-14,19-24H,15-16H2,1-4H3/t19-,20-,21-,22-,23+,24+,27-,28-/m0/s1. The van der Waals surface area contributed by atoms with E-state index in [0.29, 0.717) is 0 Å². The third-order valence-corrected chi connectivity index (χ3v) is 8.01. The third kappa shape index (κ3) is 4.02. The van der Waals surface area contributed by atoms with Gasteiger partial charge in [-0.15, -0.1) is 0 Å². The van der Waals surface area contributed by atoms with Gasteiger partial charge in [0.2, 0.25) is 11.6 Å². The van der Waals surface area contributed by atoms with Gasteiger partial charge in [0.15, 0.2) is 0 Å². The highest BCUT2D eigenvalue weighted by Gasteiger charge is 2.61. The highest BCUT2D eigenvalue weighted by atomic mass is 16.8. The zero-order chi connectivity index (χ0) is 25.5. The average molecular weight is 497 g/mol. The monoisotopic (exact) mass is 496 g/mol. The maximum absolute atomic E-state index is 13.5. The van der Waals surface area contributed by atoms with Crippen molar-refractivity contribution in [1.82, 2.24) is 0 Å². The van der Waals surface area contributed by atoms with Gasteiger partial charge < -0.3 is 28.4 Å². The van der Waals surface area contributed by atoms with Gasteiger partial charge >= 0.3 is 11.9 Å². The summed E-state index contributed by atoms with van der Waals surface area (Å²) >= 11 is 0. The molecule has 2 heterocycles. The molecule has 1 aliphatic carbocycles. The summed E-state index contributed by atoms with van der Waals surface area (Å²) in [5.74, 6) is -5.26. The molecule has 0 unspecified atom stereocenters. The van der Waals surface area contributed by atoms with Gasteiger partial charge in [0.05, 0.1) is 11.8 Å². The maximum Gasteiger partial charge on any atom is 0.310 e. The SMILES string of the molecule is CO[C@@]1(C)O[C@H]2COC(=O)[C@H]3[C@H](C(=O)OC[C@@H]2O[C@]1(C)OC)[C@@H](c1ccccc1)[C@@H]3c1ccccc1. The van der Waals surface area contributed by atoms with Crippen molar-refractivity contribution in [2.24, 2.45) is 11.8 Å². The second-order valence-electron chi connectivity index (χ2n) is 9.80. The minimum absolute atomic E-state index is 0.0689. The van der Waals surface area contributed by atoms with Gasteiger partial charge in [0.25, 0.3) is 0 Å². The second-order valence-corrected chi connectivity index (χ2v) is 9.80. The Morgan fingerprint density at radius 3 is 1.33 bits per heavy atom. The molecule has 0 amide bonds. The normalized spacial score (nSPS) is 38.6. The summed E-state index contributed by atoms with van der Waals surface area (Å²) in [4.78, 5) is 27.0. The number of benzene rings is 2. The van der Waals surface area contributed by atoms with Crippen molar-refractivity contribution < 1.29 is 38.0 Å². The predicted molar refractivity (Wildman–Crippen MR) is 128 cm³/mol. The Balaban J connectivity index is 1.48. The molecule has 2 saturated heterocycles. The van der Waals surface area contributed by atoms with E-state index in [-0.39, 0.29) is 25.0 Å². The summed E-state index contributed by atoms with van der Waals surface area (Å²) in [5.41, 5.74) is 1.96. The van der Waals surface area contributed by atoms with E-state index in [1.807, 2.05) is 60.7 Å². The molecule has 2 aromatic rings. The molecule has 0 bridgehead atoms. The van der Waals surface area contributed by atoms with Gasteiger partial charge in [-0.25, -0.2) is 0 Å². The Hall–Kier alpha value is -2.78. The molecule has 0 radical (unpaired) electrons. The number of methoxy groups -OCH3 is 2. The average Bonchev–Trinajstić information content (AvgIpc) is 2.88. The molecule has 1 saturated carbocycles. The molecule has 3 fully saturated rings. The number of hydrogen-bond acceptors (Lipinski definition) is 8. The van der Waals surface area contributed by atoms with Crippen LogP contribution in [0.3, 0.4) is 0 Å². The largest absolute Gasteiger partial charge is 0.463 e. The van der Waals surface area contributed by atoms with E-state index in [0.717, 1.165) is 11.1 Å². The first-order valence-electron chi connectivity index (χ1n) is 12.2. The number of cyclic esters (lactones) is 2. The number of fused-ring (bicyclic) bond motifs is 2. The van der Waals surface area contributed by atoms with Crippen LogP contribution in [0.25, 0.3) is 0 Å². The van der Waals surface area contributed by atoms with Gasteiger partial charge in [-0.05, 0) is 25.0 Å². The molecule has 8 nitrogen and oxygen atoms in total. The molecule has 5 rings (SSSR count). The number of carbonyl (C=O) groups excluding carboxylic acids is 2. The van der Waals surface area contributed by atoms with E-state index in [1.165, 1.54) is 14.2 Å². The first kappa shape index (κ1) is 24.9. The zero-order valence-corrected chi connectivity index (χ0v) is 20.9. The zero-order valence-electron chi connectivity index (χ0n) is 20.9. The molecule has 2 aliphatic heterocycles. The van der Waals surface area contributed by atoms with Crippen molar-refractivity contribution in [3.8, 4) is 0 Å². The molecule has 0 aromatic heterocycles. The van der Waals surface area contributed by atoms with Crippen LogP contribution in [0.2, 0.25) is 0 Å². The minimum atomic E-state index is -1.27. The van der Waals surface area contributed by atoms with Gasteiger partial charge in [0, 0.05) is 26.1 Å². The fraction of sp³-hybridized carbons (Fsp3) is 0.500. The lowest BCUT2D eigenvalue weighted by Gasteiger charge is -2.53. The van der Waals surface area contributed by atoms with Gasteiger partial charge in [-0.3, -0.25) is 9.59 Å². The van der Waals surface area contributed by atoms with Gasteiger partial charge in [-0.1, -0.05) is 60.7 Å². The molecule has 2 aromatic carbocycles. The Labute approximate surface area is 210 Å². The van der Waals surface area contributed by atoms with Crippen LogP contribution >= 0.6 is 0 Å². The van der Waals surface area contributed by atoms with Crippen LogP contribution in [0.1, 0.15) is 36.8 Å². The lowest BCUT2D eigenvalue weighted by atomic mass is 9.52. The summed E-state index contributed by atoms with van der Waals surface area (Å²) in [5, 5.41) is 0. The Bertz CT molecular complexity index is 1000. The first-order valence-corrected chi connectivity index (χ1v) is 12.2. The van der Waals surface area contributed by atoms with Gasteiger partial charge in [0.1, 0.15) is 25.4 Å². The molecule has 8 heteroatoms. The number of ether oxygens (including phenoxy) is 6. The van der Waals surface area contributed by atoms with Crippen molar-refractivity contribution in [2.45, 2.75) is 49.5 Å². The molecule has 3 aliphatic rings. The predicted octanol–water partition coefficient (Wildman–Crippen LogP) is 3.41. The van der Waals surface area contributed by atoms with E-state index in [1.54, 1.807) is 13.8 Å². The molecular weight excluding hydrogens is 464 g/mol. The lowest BCUT2D eigenvalue weighted by molar-refractivity contribution is -0.451. The molecule has 36 heavy (non-hydrogen) atoms. The summed E-state index contributed by atoms with van der Waals surface area (Å²) in [7, 11) is 2.97. The van der Waals surface area contributed by atoms with Crippen LogP contribution in [0.5, 0.6) is 0 Å². The summed E-state index contributed by atoms with van der Waals surface area (Å²) < 4.78 is 35.1. The minimum Gasteiger partial charge on any atom is -0.463 e. The van der Waals surface area contributed by atoms with Crippen LogP contribution < -0.4 is 0 Å². The molecule has 0 N–H and O–H groups in total. The summed E-state index contributed by atoms with van der Waals surface area (Å²) in [6, 6.07) is 19.5. The van der Waals surface area contributed by atoms with Crippen LogP contribution in [0.15, 0.2) is 60.7 Å². The molecule has 8 atom stereocenters. The fourth-order valence-electron chi connectivity index (χ4n) is 5.73. The maximum atomic E-state index is 13.5. The topological polar surface area (TPSA) is 89.5 Å². The smallest absolute Gasteiger partial charge is 0.310 e. The molecular formula is C28H32O8. The van der Waals surface area contributed by atoms with Crippen molar-refractivity contribution >= 4 is 11.9 Å². The number of esters is 2. The van der Waals surface area contributed by atoms with Crippen molar-refractivity contribution in [1.29, 1.82) is 0 Å². The lowest BCUT2D eigenvalue weighted by Crippen LogP contribution is -2.67. The Morgan fingerprint density at radius 2 is 1.00 bits per heavy atom. The summed E-state index contributed by atoms with van der Waals surface area (Å²) in [6.45, 7) is 3.25. The van der Waals surface area contributed by atoms with Crippen molar-refractivity contribution in [2.75, 3.05) is 27.4 Å². The van der Waals surface area contributed by atoms with Gasteiger partial charge in [-0.2, -0.15) is 0 Å². The van der Waals surface area contributed by atoms with Crippen LogP contribution in [-0.2, 0) is 38.0 Å².